The van der Waals surface area contributed by atoms with Gasteiger partial charge in [0.05, 0.1) is 0 Å². The highest BCUT2D eigenvalue weighted by atomic mass is 14.4. The van der Waals surface area contributed by atoms with Gasteiger partial charge in [-0.15, -0.1) is 0 Å². The zero-order valence-electron chi connectivity index (χ0n) is 68.1. The molecule has 0 fully saturated rings. The molecule has 0 atom stereocenters. The van der Waals surface area contributed by atoms with Gasteiger partial charge in [-0.3, -0.25) is 0 Å². The maximum atomic E-state index is 2.33. The van der Waals surface area contributed by atoms with Crippen molar-refractivity contribution in [3.05, 3.63) is 454 Å². The Balaban J connectivity index is 0.0000000970. The lowest BCUT2D eigenvalue weighted by Gasteiger charge is -2.21. The molecule has 0 unspecified atom stereocenters. The Morgan fingerprint density at radius 1 is 0.183 bits per heavy atom. The van der Waals surface area contributed by atoms with Crippen molar-refractivity contribution in [1.82, 2.24) is 0 Å². The van der Waals surface area contributed by atoms with Gasteiger partial charge in [0.25, 0.3) is 0 Å². The molecule has 0 radical (unpaired) electrons. The summed E-state index contributed by atoms with van der Waals surface area (Å²) in [5.74, 6) is 0. The van der Waals surface area contributed by atoms with E-state index in [2.05, 4.69) is 446 Å². The monoisotopic (exact) mass is 1480 g/mol. The van der Waals surface area contributed by atoms with Crippen molar-refractivity contribution in [1.29, 1.82) is 0 Å². The zero-order valence-corrected chi connectivity index (χ0v) is 68.1. The van der Waals surface area contributed by atoms with Crippen LogP contribution in [0.5, 0.6) is 0 Å². The van der Waals surface area contributed by atoms with E-state index in [0.717, 1.165) is 12.8 Å². The van der Waals surface area contributed by atoms with Crippen LogP contribution in [0.3, 0.4) is 0 Å². The van der Waals surface area contributed by atoms with Crippen molar-refractivity contribution >= 4 is 75.4 Å². The molecule has 19 aromatic carbocycles. The van der Waals surface area contributed by atoms with Gasteiger partial charge >= 0.3 is 0 Å². The molecule has 0 heteroatoms. The quantitative estimate of drug-likeness (QED) is 0.144. The van der Waals surface area contributed by atoms with Gasteiger partial charge in [-0.2, -0.15) is 0 Å². The Bertz CT molecular complexity index is 6900. The van der Waals surface area contributed by atoms with Crippen molar-refractivity contribution in [3.63, 3.8) is 0 Å². The van der Waals surface area contributed by atoms with Crippen LogP contribution >= 0.6 is 0 Å². The van der Waals surface area contributed by atoms with Gasteiger partial charge in [0.1, 0.15) is 0 Å². The summed E-state index contributed by atoms with van der Waals surface area (Å²) in [4.78, 5) is 0. The predicted molar refractivity (Wildman–Crippen MR) is 498 cm³/mol. The summed E-state index contributed by atoms with van der Waals surface area (Å²) in [5, 5.41) is 18.8. The topological polar surface area (TPSA) is 0 Å². The molecule has 4 aliphatic rings. The van der Waals surface area contributed by atoms with E-state index in [1.54, 1.807) is 0 Å². The molecule has 0 saturated carbocycles. The third-order valence-corrected chi connectivity index (χ3v) is 24.5. The summed E-state index contributed by atoms with van der Waals surface area (Å²) in [6.07, 6.45) is 2.21. The maximum Gasteiger partial charge on any atom is 0.0158 e. The van der Waals surface area contributed by atoms with Gasteiger partial charge in [0, 0.05) is 10.8 Å². The number of fused-ring (bicyclic) bond motifs is 23. The fraction of sp³-hybridized carbons (Fsp3) is 0.130. The second-order valence-corrected chi connectivity index (χ2v) is 33.0. The highest BCUT2D eigenvalue weighted by Crippen LogP contribution is 2.51. The van der Waals surface area contributed by atoms with E-state index in [4.69, 9.17) is 0 Å². The minimum Gasteiger partial charge on any atom is -0.0622 e. The molecule has 19 aromatic rings. The molecule has 23 rings (SSSR count). The van der Waals surface area contributed by atoms with Crippen LogP contribution in [0.25, 0.3) is 131 Å². The second-order valence-electron chi connectivity index (χ2n) is 33.0. The largest absolute Gasteiger partial charge is 0.0622 e. The second kappa shape index (κ2) is 31.5. The molecule has 4 aliphatic carbocycles. The van der Waals surface area contributed by atoms with E-state index in [1.165, 1.54) is 214 Å². The third kappa shape index (κ3) is 14.5. The van der Waals surface area contributed by atoms with Gasteiger partial charge < -0.3 is 0 Å². The van der Waals surface area contributed by atoms with Gasteiger partial charge in [-0.05, 0) is 254 Å². The van der Waals surface area contributed by atoms with Gasteiger partial charge in [-0.1, -0.05) is 420 Å². The summed E-state index contributed by atoms with van der Waals surface area (Å²) >= 11 is 0. The predicted octanol–water partition coefficient (Wildman–Crippen LogP) is 31.5. The van der Waals surface area contributed by atoms with Crippen LogP contribution in [-0.4, -0.2) is 0 Å². The van der Waals surface area contributed by atoms with E-state index in [1.807, 2.05) is 0 Å². The highest BCUT2D eigenvalue weighted by molar-refractivity contribution is 6.22. The lowest BCUT2D eigenvalue weighted by molar-refractivity contribution is 0.660. The number of hydrogen-bond donors (Lipinski definition) is 0. The van der Waals surface area contributed by atoms with Crippen LogP contribution in [0, 0.1) is 48.5 Å². The molecular weight excluding hydrogens is 1380 g/mol. The minimum atomic E-state index is 0.151. The first-order chi connectivity index (χ1) is 55.9. The van der Waals surface area contributed by atoms with Crippen molar-refractivity contribution < 1.29 is 0 Å². The fourth-order valence-corrected chi connectivity index (χ4v) is 18.6. The molecule has 115 heavy (non-hydrogen) atoms. The molecule has 0 N–H and O–H groups in total. The normalized spacial score (nSPS) is 12.7. The summed E-state index contributed by atoms with van der Waals surface area (Å²) < 4.78 is 0. The van der Waals surface area contributed by atoms with Crippen LogP contribution < -0.4 is 0 Å². The Kier molecular flexibility index (Phi) is 20.5. The molecular formula is C115H98. The first-order valence-corrected chi connectivity index (χ1v) is 40.9. The molecule has 0 heterocycles. The lowest BCUT2D eigenvalue weighted by Crippen LogP contribution is -2.14. The number of benzene rings is 19. The lowest BCUT2D eigenvalue weighted by atomic mass is 9.82. The standard InChI is InChI=1S/2C19H14.C17H14.2C16H16.2C14H12/c1-13-12-15-7-3-5-9-18(15)19-16(13)11-10-14-6-2-4-8-17(14)19;1-13-12-15-11-10-14-6-2-3-8-17(14)19(15)18-9-5-4-7-16(13)18;1-13-7-5-12-17-15(13)10-6-11-16(17)14-8-3-2-4-9-14;1-11-8-9-15-13(10-11)12-6-4-5-7-14(12)16(15,2)3;1-11-8-9-13-12-6-4-5-7-14(12)16(2,3)15(13)10-11;1-10-6-7-14-12(8-10)9-11-4-2-3-5-13(11)14;1-10-6-7-12-9-11-4-2-3-5-13(11)14(12)8-10/h2*2-12H,1H3;2-12H,1H3;2*4-10H,1-3H3;2*2-8H,9H2,1H3. The zero-order chi connectivity index (χ0) is 79.1. The van der Waals surface area contributed by atoms with Crippen molar-refractivity contribution in [3.8, 4) is 55.6 Å². The molecule has 0 spiro atoms. The summed E-state index contributed by atoms with van der Waals surface area (Å²) in [5.41, 5.74) is 35.4. The Morgan fingerprint density at radius 3 is 1.26 bits per heavy atom. The molecule has 0 bridgehead atoms. The third-order valence-electron chi connectivity index (χ3n) is 24.5. The number of aryl methyl sites for hydroxylation is 7. The van der Waals surface area contributed by atoms with E-state index >= 15 is 0 Å². The van der Waals surface area contributed by atoms with Crippen LogP contribution in [-0.2, 0) is 23.7 Å². The van der Waals surface area contributed by atoms with Crippen LogP contribution in [0.15, 0.2) is 370 Å². The van der Waals surface area contributed by atoms with Crippen molar-refractivity contribution in [2.45, 2.75) is 99.8 Å². The van der Waals surface area contributed by atoms with E-state index in [9.17, 15) is 0 Å². The Morgan fingerprint density at radius 2 is 0.574 bits per heavy atom. The summed E-state index contributed by atoms with van der Waals surface area (Å²) in [6.45, 7) is 24.4. The maximum absolute atomic E-state index is 2.33. The van der Waals surface area contributed by atoms with E-state index < -0.39 is 0 Å². The first-order valence-electron chi connectivity index (χ1n) is 40.9. The average Bonchev–Trinajstić information content (AvgIpc) is 1.71. The minimum absolute atomic E-state index is 0.151. The van der Waals surface area contributed by atoms with Crippen LogP contribution in [0.1, 0.15) is 111 Å². The van der Waals surface area contributed by atoms with Gasteiger partial charge in [0.15, 0.2) is 0 Å². The van der Waals surface area contributed by atoms with Crippen LogP contribution in [0.4, 0.5) is 0 Å². The molecule has 0 nitrogen and oxygen atoms in total. The van der Waals surface area contributed by atoms with E-state index in [-0.39, 0.29) is 10.8 Å². The van der Waals surface area contributed by atoms with Crippen molar-refractivity contribution in [2.75, 3.05) is 0 Å². The number of hydrogen-bond acceptors (Lipinski definition) is 0. The first kappa shape index (κ1) is 74.7. The highest BCUT2D eigenvalue weighted by Gasteiger charge is 2.36. The summed E-state index contributed by atoms with van der Waals surface area (Å²) in [7, 11) is 0. The smallest absolute Gasteiger partial charge is 0.0158 e. The molecule has 0 aromatic heterocycles. The SMILES string of the molecule is Cc1cc2ccc3ccccc3c2c2ccccc12.Cc1cc2ccccc2c2c1ccc1ccccc12.Cc1ccc2c(c1)-c1ccccc1C2.Cc1ccc2c(c1)-c1ccccc1C2(C)C.Cc1ccc2c(c1)C(C)(C)c1ccccc1-2.Cc1ccc2c(c1)Cc1ccccc1-2.Cc1cccc2c(-c3ccccc3)cccc12. The molecule has 0 saturated heterocycles. The molecule has 0 amide bonds. The van der Waals surface area contributed by atoms with Crippen LogP contribution in [0.2, 0.25) is 0 Å². The molecule has 558 valence electrons. The Labute approximate surface area is 679 Å². The fourth-order valence-electron chi connectivity index (χ4n) is 18.6. The van der Waals surface area contributed by atoms with Crippen molar-refractivity contribution in [2.24, 2.45) is 0 Å². The summed E-state index contributed by atoms with van der Waals surface area (Å²) in [6, 6.07) is 134. The van der Waals surface area contributed by atoms with Gasteiger partial charge in [-0.25, -0.2) is 0 Å². The Hall–Kier alpha value is -13.0. The van der Waals surface area contributed by atoms with E-state index in [0.29, 0.717) is 0 Å². The molecule has 0 aliphatic heterocycles. The van der Waals surface area contributed by atoms with Gasteiger partial charge in [0.2, 0.25) is 0 Å². The average molecular weight is 1480 g/mol. The number of rotatable bonds is 1.